The van der Waals surface area contributed by atoms with E-state index in [1.165, 1.54) is 19.4 Å². The van der Waals surface area contributed by atoms with Gasteiger partial charge in [0.1, 0.15) is 11.8 Å². The van der Waals surface area contributed by atoms with E-state index in [1.807, 2.05) is 12.1 Å². The third-order valence-corrected chi connectivity index (χ3v) is 5.06. The summed E-state index contributed by atoms with van der Waals surface area (Å²) < 4.78 is 10.1. The van der Waals surface area contributed by atoms with Crippen LogP contribution in [-0.2, 0) is 19.1 Å². The minimum absolute atomic E-state index is 0.134. The Labute approximate surface area is 171 Å². The van der Waals surface area contributed by atoms with Crippen LogP contribution >= 0.6 is 0 Å². The van der Waals surface area contributed by atoms with E-state index in [0.29, 0.717) is 5.92 Å². The molecule has 158 valence electrons. The first kappa shape index (κ1) is 22.5. The van der Waals surface area contributed by atoms with Gasteiger partial charge in [0, 0.05) is 12.1 Å². The zero-order valence-corrected chi connectivity index (χ0v) is 17.3. The van der Waals surface area contributed by atoms with E-state index >= 15 is 0 Å². The molecule has 1 aromatic rings. The number of methoxy groups -OCH3 is 1. The molecule has 1 saturated carbocycles. The summed E-state index contributed by atoms with van der Waals surface area (Å²) in [5.74, 6) is -0.229. The summed E-state index contributed by atoms with van der Waals surface area (Å²) in [5, 5.41) is 5.45. The molecule has 3 atom stereocenters. The van der Waals surface area contributed by atoms with Crippen LogP contribution in [0.1, 0.15) is 45.1 Å². The quantitative estimate of drug-likeness (QED) is 0.515. The second-order valence-corrected chi connectivity index (χ2v) is 7.38. The predicted octanol–water partition coefficient (Wildman–Crippen LogP) is 2.45. The first-order valence-corrected chi connectivity index (χ1v) is 9.97. The van der Waals surface area contributed by atoms with Gasteiger partial charge in [0.15, 0.2) is 6.61 Å². The van der Waals surface area contributed by atoms with Crippen LogP contribution in [0.3, 0.4) is 0 Å². The SMILES string of the molecule is COc1ccc(/C=C/C(=O)N[C@@H](C)C(=O)OCC(=O)N[C@H]2CCCC[C@@H]2C)cc1. The second-order valence-electron chi connectivity index (χ2n) is 7.38. The number of carbonyl (C=O) groups is 3. The molecule has 0 unspecified atom stereocenters. The molecule has 0 heterocycles. The van der Waals surface area contributed by atoms with E-state index in [4.69, 9.17) is 9.47 Å². The van der Waals surface area contributed by atoms with Crippen molar-refractivity contribution in [2.75, 3.05) is 13.7 Å². The van der Waals surface area contributed by atoms with Crippen molar-refractivity contribution < 1.29 is 23.9 Å². The molecular weight excluding hydrogens is 372 g/mol. The maximum absolute atomic E-state index is 12.0. The van der Waals surface area contributed by atoms with Gasteiger partial charge in [-0.25, -0.2) is 4.79 Å². The highest BCUT2D eigenvalue weighted by Gasteiger charge is 2.24. The number of hydrogen-bond donors (Lipinski definition) is 2. The molecule has 0 radical (unpaired) electrons. The lowest BCUT2D eigenvalue weighted by Gasteiger charge is -2.29. The summed E-state index contributed by atoms with van der Waals surface area (Å²) >= 11 is 0. The van der Waals surface area contributed by atoms with Gasteiger partial charge in [0.05, 0.1) is 7.11 Å². The molecule has 29 heavy (non-hydrogen) atoms. The van der Waals surface area contributed by atoms with Gasteiger partial charge in [0.2, 0.25) is 5.91 Å². The minimum Gasteiger partial charge on any atom is -0.497 e. The fourth-order valence-corrected chi connectivity index (χ4v) is 3.25. The van der Waals surface area contributed by atoms with Gasteiger partial charge in [-0.3, -0.25) is 9.59 Å². The second kappa shape index (κ2) is 11.2. The van der Waals surface area contributed by atoms with E-state index < -0.39 is 17.9 Å². The molecule has 0 saturated heterocycles. The standard InChI is InChI=1S/C22H30N2O5/c1-15-6-4-5-7-19(15)24-21(26)14-29-22(27)16(2)23-20(25)13-10-17-8-11-18(28-3)12-9-17/h8-13,15-16,19H,4-7,14H2,1-3H3,(H,23,25)(H,24,26)/b13-10+/t15-,16-,19-/m0/s1. The molecule has 2 rings (SSSR count). The molecule has 7 heteroatoms. The Hall–Kier alpha value is -2.83. The van der Waals surface area contributed by atoms with E-state index in [9.17, 15) is 14.4 Å². The summed E-state index contributed by atoms with van der Waals surface area (Å²) in [4.78, 5) is 36.0. The zero-order chi connectivity index (χ0) is 21.2. The topological polar surface area (TPSA) is 93.7 Å². The number of rotatable bonds is 8. The molecule has 1 fully saturated rings. The van der Waals surface area contributed by atoms with Crippen LogP contribution in [0, 0.1) is 5.92 Å². The van der Waals surface area contributed by atoms with Gasteiger partial charge < -0.3 is 20.1 Å². The number of benzene rings is 1. The monoisotopic (exact) mass is 402 g/mol. The maximum Gasteiger partial charge on any atom is 0.328 e. The molecule has 0 spiro atoms. The number of carbonyl (C=O) groups excluding carboxylic acids is 3. The summed E-state index contributed by atoms with van der Waals surface area (Å²) in [7, 11) is 1.58. The van der Waals surface area contributed by atoms with Crippen LogP contribution in [0.25, 0.3) is 6.08 Å². The van der Waals surface area contributed by atoms with Crippen LogP contribution in [0.4, 0.5) is 0 Å². The fraction of sp³-hybridized carbons (Fsp3) is 0.500. The molecular formula is C22H30N2O5. The van der Waals surface area contributed by atoms with Crippen LogP contribution in [0.5, 0.6) is 5.75 Å². The van der Waals surface area contributed by atoms with E-state index in [1.54, 1.807) is 25.3 Å². The first-order valence-electron chi connectivity index (χ1n) is 9.97. The number of esters is 1. The van der Waals surface area contributed by atoms with E-state index in [2.05, 4.69) is 17.6 Å². The average molecular weight is 402 g/mol. The van der Waals surface area contributed by atoms with Crippen molar-refractivity contribution >= 4 is 23.9 Å². The van der Waals surface area contributed by atoms with Gasteiger partial charge in [-0.2, -0.15) is 0 Å². The predicted molar refractivity (Wildman–Crippen MR) is 110 cm³/mol. The summed E-state index contributed by atoms with van der Waals surface area (Å²) in [6.07, 6.45) is 7.30. The van der Waals surface area contributed by atoms with E-state index in [0.717, 1.165) is 30.6 Å². The Morgan fingerprint density at radius 2 is 1.86 bits per heavy atom. The Bertz CT molecular complexity index is 729. The van der Waals surface area contributed by atoms with Gasteiger partial charge in [-0.1, -0.05) is 31.9 Å². The van der Waals surface area contributed by atoms with Crippen molar-refractivity contribution in [1.82, 2.24) is 10.6 Å². The maximum atomic E-state index is 12.0. The van der Waals surface area contributed by atoms with Crippen molar-refractivity contribution in [2.45, 2.75) is 51.6 Å². The molecule has 0 aliphatic heterocycles. The number of hydrogen-bond acceptors (Lipinski definition) is 5. The largest absolute Gasteiger partial charge is 0.497 e. The van der Waals surface area contributed by atoms with Gasteiger partial charge in [-0.05, 0) is 49.5 Å². The lowest BCUT2D eigenvalue weighted by Crippen LogP contribution is -2.44. The summed E-state index contributed by atoms with van der Waals surface area (Å²) in [5.41, 5.74) is 0.824. The highest BCUT2D eigenvalue weighted by molar-refractivity contribution is 5.94. The van der Waals surface area contributed by atoms with Crippen molar-refractivity contribution in [1.29, 1.82) is 0 Å². The van der Waals surface area contributed by atoms with Crippen LogP contribution < -0.4 is 15.4 Å². The smallest absolute Gasteiger partial charge is 0.328 e. The normalized spacial score (nSPS) is 20.0. The Morgan fingerprint density at radius 1 is 1.17 bits per heavy atom. The van der Waals surface area contributed by atoms with Crippen LogP contribution in [0.2, 0.25) is 0 Å². The highest BCUT2D eigenvalue weighted by Crippen LogP contribution is 2.23. The van der Waals surface area contributed by atoms with Crippen molar-refractivity contribution in [2.24, 2.45) is 5.92 Å². The number of ether oxygens (including phenoxy) is 2. The third kappa shape index (κ3) is 7.60. The van der Waals surface area contributed by atoms with Crippen LogP contribution in [-0.4, -0.2) is 43.6 Å². The summed E-state index contributed by atoms with van der Waals surface area (Å²) in [6, 6.07) is 6.48. The number of amides is 2. The minimum atomic E-state index is -0.857. The fourth-order valence-electron chi connectivity index (χ4n) is 3.25. The summed E-state index contributed by atoms with van der Waals surface area (Å²) in [6.45, 7) is 3.29. The lowest BCUT2D eigenvalue weighted by atomic mass is 9.86. The molecule has 1 aliphatic carbocycles. The van der Waals surface area contributed by atoms with E-state index in [-0.39, 0.29) is 18.6 Å². The molecule has 1 aliphatic rings. The Kier molecular flexibility index (Phi) is 8.70. The molecule has 0 bridgehead atoms. The molecule has 0 aromatic heterocycles. The highest BCUT2D eigenvalue weighted by atomic mass is 16.5. The Balaban J connectivity index is 1.72. The first-order chi connectivity index (χ1) is 13.9. The van der Waals surface area contributed by atoms with Crippen molar-refractivity contribution in [3.8, 4) is 5.75 Å². The third-order valence-electron chi connectivity index (χ3n) is 5.06. The molecule has 2 N–H and O–H groups in total. The van der Waals surface area contributed by atoms with Crippen molar-refractivity contribution in [3.63, 3.8) is 0 Å². The average Bonchev–Trinajstić information content (AvgIpc) is 2.72. The van der Waals surface area contributed by atoms with Gasteiger partial charge in [-0.15, -0.1) is 0 Å². The van der Waals surface area contributed by atoms with Crippen molar-refractivity contribution in [3.05, 3.63) is 35.9 Å². The molecule has 2 amide bonds. The molecule has 1 aromatic carbocycles. The van der Waals surface area contributed by atoms with Gasteiger partial charge >= 0.3 is 5.97 Å². The van der Waals surface area contributed by atoms with Gasteiger partial charge in [0.25, 0.3) is 5.91 Å². The lowest BCUT2D eigenvalue weighted by molar-refractivity contribution is -0.151. The Morgan fingerprint density at radius 3 is 2.52 bits per heavy atom. The number of nitrogens with one attached hydrogen (secondary N) is 2. The zero-order valence-electron chi connectivity index (χ0n) is 17.3. The van der Waals surface area contributed by atoms with Crippen LogP contribution in [0.15, 0.2) is 30.3 Å². The molecule has 7 nitrogen and oxygen atoms in total.